The molecule has 5 nitrogen and oxygen atoms in total. The fraction of sp³-hybridized carbons (Fsp3) is 0.462. The number of aryl methyl sites for hydroxylation is 1. The second kappa shape index (κ2) is 6.16. The molecule has 19 heavy (non-hydrogen) atoms. The lowest BCUT2D eigenvalue weighted by atomic mass is 10.2. The van der Waals surface area contributed by atoms with E-state index in [0.717, 1.165) is 5.56 Å². The molecule has 1 rings (SSSR count). The molecule has 0 spiro atoms. The van der Waals surface area contributed by atoms with Crippen LogP contribution in [0, 0.1) is 6.92 Å². The fourth-order valence-electron chi connectivity index (χ4n) is 1.40. The van der Waals surface area contributed by atoms with Gasteiger partial charge in [-0.25, -0.2) is 0 Å². The zero-order valence-electron chi connectivity index (χ0n) is 11.4. The van der Waals surface area contributed by atoms with Gasteiger partial charge in [-0.3, -0.25) is 8.98 Å². The summed E-state index contributed by atoms with van der Waals surface area (Å²) in [6.45, 7) is 6.25. The van der Waals surface area contributed by atoms with E-state index < -0.39 is 28.3 Å². The van der Waals surface area contributed by atoms with Crippen LogP contribution in [0.5, 0.6) is 0 Å². The third-order valence-electron chi connectivity index (χ3n) is 2.60. The molecular formula is C13H18O5S. The Labute approximate surface area is 113 Å². The Morgan fingerprint density at radius 3 is 2.11 bits per heavy atom. The largest absolute Gasteiger partial charge is 0.460 e. The molecule has 2 unspecified atom stereocenters. The van der Waals surface area contributed by atoms with Crippen molar-refractivity contribution in [3.05, 3.63) is 29.8 Å². The lowest BCUT2D eigenvalue weighted by Gasteiger charge is -2.19. The molecular weight excluding hydrogens is 268 g/mol. The minimum Gasteiger partial charge on any atom is -0.460 e. The van der Waals surface area contributed by atoms with E-state index in [2.05, 4.69) is 0 Å². The van der Waals surface area contributed by atoms with Gasteiger partial charge < -0.3 is 4.74 Å². The van der Waals surface area contributed by atoms with Gasteiger partial charge in [-0.05, 0) is 32.9 Å². The van der Waals surface area contributed by atoms with Crippen molar-refractivity contribution in [2.75, 3.05) is 0 Å². The van der Waals surface area contributed by atoms with Crippen LogP contribution in [0.25, 0.3) is 0 Å². The van der Waals surface area contributed by atoms with Gasteiger partial charge in [0.2, 0.25) is 0 Å². The highest BCUT2D eigenvalue weighted by Gasteiger charge is 2.24. The molecule has 0 fully saturated rings. The molecule has 0 aliphatic carbocycles. The van der Waals surface area contributed by atoms with E-state index >= 15 is 0 Å². The average Bonchev–Trinajstić information content (AvgIpc) is 2.27. The van der Waals surface area contributed by atoms with Crippen LogP contribution in [0.4, 0.5) is 0 Å². The normalized spacial score (nSPS) is 14.7. The van der Waals surface area contributed by atoms with Gasteiger partial charge in [0.1, 0.15) is 12.2 Å². The number of esters is 1. The zero-order chi connectivity index (χ0) is 14.6. The summed E-state index contributed by atoms with van der Waals surface area (Å²) in [6.07, 6.45) is -1.40. The minimum absolute atomic E-state index is 0.0833. The van der Waals surface area contributed by atoms with Crippen LogP contribution in [0.3, 0.4) is 0 Å². The number of carbonyl (C=O) groups is 1. The maximum atomic E-state index is 12.0. The maximum Gasteiger partial charge on any atom is 0.302 e. The number of ether oxygens (including phenoxy) is 1. The number of benzene rings is 1. The van der Waals surface area contributed by atoms with Gasteiger partial charge >= 0.3 is 5.97 Å². The van der Waals surface area contributed by atoms with Gasteiger partial charge in [0.25, 0.3) is 10.1 Å². The lowest BCUT2D eigenvalue weighted by molar-refractivity contribution is -0.149. The minimum atomic E-state index is -3.85. The molecule has 0 aromatic heterocycles. The Kier molecular flexibility index (Phi) is 5.08. The zero-order valence-corrected chi connectivity index (χ0v) is 12.2. The van der Waals surface area contributed by atoms with Crippen LogP contribution in [-0.2, 0) is 23.8 Å². The van der Waals surface area contributed by atoms with E-state index in [4.69, 9.17) is 8.92 Å². The average molecular weight is 286 g/mol. The first-order chi connectivity index (χ1) is 8.72. The quantitative estimate of drug-likeness (QED) is 0.612. The molecule has 0 N–H and O–H groups in total. The molecule has 1 aromatic rings. The van der Waals surface area contributed by atoms with Crippen LogP contribution >= 0.6 is 0 Å². The van der Waals surface area contributed by atoms with E-state index in [0.29, 0.717) is 0 Å². The van der Waals surface area contributed by atoms with Crippen molar-refractivity contribution in [1.82, 2.24) is 0 Å². The Hall–Kier alpha value is -1.40. The molecule has 1 aromatic carbocycles. The molecule has 0 saturated carbocycles. The smallest absolute Gasteiger partial charge is 0.302 e. The van der Waals surface area contributed by atoms with Gasteiger partial charge in [0.05, 0.1) is 4.90 Å². The number of carbonyl (C=O) groups excluding carboxylic acids is 1. The third kappa shape index (κ3) is 4.65. The van der Waals surface area contributed by atoms with E-state index in [1.165, 1.54) is 19.1 Å². The summed E-state index contributed by atoms with van der Waals surface area (Å²) in [6, 6.07) is 6.34. The number of hydrogen-bond donors (Lipinski definition) is 0. The first-order valence-electron chi connectivity index (χ1n) is 5.89. The van der Waals surface area contributed by atoms with Crippen LogP contribution in [0.2, 0.25) is 0 Å². The van der Waals surface area contributed by atoms with Crippen molar-refractivity contribution in [2.24, 2.45) is 0 Å². The van der Waals surface area contributed by atoms with E-state index in [-0.39, 0.29) is 4.90 Å². The molecule has 106 valence electrons. The van der Waals surface area contributed by atoms with Crippen LogP contribution in [0.1, 0.15) is 26.3 Å². The highest BCUT2D eigenvalue weighted by molar-refractivity contribution is 7.86. The van der Waals surface area contributed by atoms with Gasteiger partial charge in [0, 0.05) is 6.92 Å². The van der Waals surface area contributed by atoms with Gasteiger partial charge in [-0.2, -0.15) is 8.42 Å². The first-order valence-corrected chi connectivity index (χ1v) is 7.30. The van der Waals surface area contributed by atoms with Gasteiger partial charge in [0.15, 0.2) is 0 Å². The monoisotopic (exact) mass is 286 g/mol. The lowest BCUT2D eigenvalue weighted by Crippen LogP contribution is -2.30. The SMILES string of the molecule is CC(=O)OC(C)C(C)OS(=O)(=O)c1ccc(C)cc1. The van der Waals surface area contributed by atoms with Crippen LogP contribution in [-0.4, -0.2) is 26.6 Å². The molecule has 0 radical (unpaired) electrons. The summed E-state index contributed by atoms with van der Waals surface area (Å²) < 4.78 is 33.9. The highest BCUT2D eigenvalue weighted by Crippen LogP contribution is 2.17. The van der Waals surface area contributed by atoms with E-state index in [1.54, 1.807) is 26.0 Å². The van der Waals surface area contributed by atoms with Crippen molar-refractivity contribution < 1.29 is 22.1 Å². The molecule has 0 heterocycles. The second-order valence-corrected chi connectivity index (χ2v) is 5.96. The van der Waals surface area contributed by atoms with Crippen molar-refractivity contribution in [2.45, 2.75) is 44.8 Å². The van der Waals surface area contributed by atoms with Crippen LogP contribution in [0.15, 0.2) is 29.2 Å². The summed E-state index contributed by atoms with van der Waals surface area (Å²) in [5, 5.41) is 0. The summed E-state index contributed by atoms with van der Waals surface area (Å²) in [4.78, 5) is 10.9. The summed E-state index contributed by atoms with van der Waals surface area (Å²) >= 11 is 0. The molecule has 0 saturated heterocycles. The molecule has 0 aliphatic rings. The Bertz CT molecular complexity index is 533. The molecule has 0 aliphatic heterocycles. The molecule has 0 amide bonds. The Morgan fingerprint density at radius 1 is 1.11 bits per heavy atom. The number of rotatable bonds is 5. The summed E-state index contributed by atoms with van der Waals surface area (Å²) in [5.41, 5.74) is 0.959. The fourth-order valence-corrected chi connectivity index (χ4v) is 2.53. The Morgan fingerprint density at radius 2 is 1.63 bits per heavy atom. The van der Waals surface area contributed by atoms with Crippen molar-refractivity contribution in [3.8, 4) is 0 Å². The Balaban J connectivity index is 2.79. The maximum absolute atomic E-state index is 12.0. The molecule has 0 bridgehead atoms. The predicted molar refractivity (Wildman–Crippen MR) is 70.1 cm³/mol. The van der Waals surface area contributed by atoms with Crippen molar-refractivity contribution in [3.63, 3.8) is 0 Å². The third-order valence-corrected chi connectivity index (χ3v) is 4.01. The second-order valence-electron chi connectivity index (χ2n) is 4.38. The van der Waals surface area contributed by atoms with Gasteiger partial charge in [-0.1, -0.05) is 17.7 Å². The van der Waals surface area contributed by atoms with Crippen molar-refractivity contribution >= 4 is 16.1 Å². The standard InChI is InChI=1S/C13H18O5S/c1-9-5-7-13(8-6-9)19(15,16)18-11(3)10(2)17-12(4)14/h5-8,10-11H,1-4H3. The summed E-state index contributed by atoms with van der Waals surface area (Å²) in [5.74, 6) is -0.476. The predicted octanol–water partition coefficient (Wildman–Crippen LogP) is 2.04. The van der Waals surface area contributed by atoms with Crippen LogP contribution < -0.4 is 0 Å². The first kappa shape index (κ1) is 15.7. The summed E-state index contributed by atoms with van der Waals surface area (Å²) in [7, 11) is -3.85. The molecule has 2 atom stereocenters. The van der Waals surface area contributed by atoms with Crippen molar-refractivity contribution in [1.29, 1.82) is 0 Å². The van der Waals surface area contributed by atoms with E-state index in [1.807, 2.05) is 6.92 Å². The van der Waals surface area contributed by atoms with E-state index in [9.17, 15) is 13.2 Å². The number of hydrogen-bond acceptors (Lipinski definition) is 5. The van der Waals surface area contributed by atoms with Gasteiger partial charge in [-0.15, -0.1) is 0 Å². The topological polar surface area (TPSA) is 69.7 Å². The molecule has 6 heteroatoms. The highest BCUT2D eigenvalue weighted by atomic mass is 32.2.